The summed E-state index contributed by atoms with van der Waals surface area (Å²) in [7, 11) is 0. The summed E-state index contributed by atoms with van der Waals surface area (Å²) in [6.45, 7) is 0. The fraction of sp³-hybridized carbons (Fsp3) is 0. The molecule has 0 fully saturated rings. The molecule has 10 rings (SSSR count). The maximum Gasteiger partial charge on any atom is 0.0468 e. The van der Waals surface area contributed by atoms with Crippen LogP contribution >= 0.6 is 0 Å². The molecule has 0 spiro atoms. The van der Waals surface area contributed by atoms with Gasteiger partial charge in [0, 0.05) is 17.1 Å². The zero-order valence-corrected chi connectivity index (χ0v) is 30.3. The number of fused-ring (bicyclic) bond motifs is 4. The molecule has 0 bridgehead atoms. The highest BCUT2D eigenvalue weighted by Gasteiger charge is 2.18. The highest BCUT2D eigenvalue weighted by molar-refractivity contribution is 6.09. The number of nitrogens with zero attached hydrogens (tertiary/aromatic N) is 1. The Kier molecular flexibility index (Phi) is 8.24. The van der Waals surface area contributed by atoms with Crippen LogP contribution in [0.25, 0.3) is 76.8 Å². The van der Waals surface area contributed by atoms with Crippen LogP contribution in [-0.4, -0.2) is 0 Å². The van der Waals surface area contributed by atoms with Gasteiger partial charge in [0.1, 0.15) is 0 Å². The summed E-state index contributed by atoms with van der Waals surface area (Å²) < 4.78 is 0. The largest absolute Gasteiger partial charge is 0.310 e. The first kappa shape index (κ1) is 32.4. The van der Waals surface area contributed by atoms with E-state index < -0.39 is 0 Å². The molecule has 0 aliphatic rings. The molecule has 0 heterocycles. The van der Waals surface area contributed by atoms with Crippen molar-refractivity contribution >= 4 is 49.4 Å². The van der Waals surface area contributed by atoms with Gasteiger partial charge < -0.3 is 4.90 Å². The van der Waals surface area contributed by atoms with E-state index in [4.69, 9.17) is 0 Å². The molecular formula is C54H37N. The molecule has 0 N–H and O–H groups in total. The first-order valence-electron chi connectivity index (χ1n) is 18.9. The smallest absolute Gasteiger partial charge is 0.0468 e. The van der Waals surface area contributed by atoms with Crippen LogP contribution in [0.15, 0.2) is 224 Å². The van der Waals surface area contributed by atoms with Crippen LogP contribution in [0, 0.1) is 0 Å². The van der Waals surface area contributed by atoms with Crippen molar-refractivity contribution in [2.24, 2.45) is 0 Å². The number of anilines is 3. The lowest BCUT2D eigenvalue weighted by molar-refractivity contribution is 1.29. The lowest BCUT2D eigenvalue weighted by atomic mass is 9.93. The van der Waals surface area contributed by atoms with E-state index >= 15 is 0 Å². The SMILES string of the molecule is c1ccc(-c2ccc(N(c3ccc(-c4cccc(-c5cccc6ccccc56)c4)cc3)c3ccc4ccc5ccccc5c4c3)cc2-c2ccccc2)cc1. The normalized spacial score (nSPS) is 11.3. The van der Waals surface area contributed by atoms with Crippen LogP contribution in [0.2, 0.25) is 0 Å². The number of hydrogen-bond acceptors (Lipinski definition) is 1. The Balaban J connectivity index is 1.12. The van der Waals surface area contributed by atoms with E-state index in [2.05, 4.69) is 229 Å². The molecule has 0 saturated carbocycles. The van der Waals surface area contributed by atoms with Crippen molar-refractivity contribution in [2.45, 2.75) is 0 Å². The van der Waals surface area contributed by atoms with Crippen molar-refractivity contribution in [2.75, 3.05) is 4.90 Å². The Morgan fingerprint density at radius 2 is 0.727 bits per heavy atom. The van der Waals surface area contributed by atoms with E-state index in [9.17, 15) is 0 Å². The van der Waals surface area contributed by atoms with Crippen molar-refractivity contribution in [1.82, 2.24) is 0 Å². The Morgan fingerprint density at radius 3 is 1.49 bits per heavy atom. The predicted molar refractivity (Wildman–Crippen MR) is 235 cm³/mol. The van der Waals surface area contributed by atoms with Gasteiger partial charge in [-0.2, -0.15) is 0 Å². The van der Waals surface area contributed by atoms with Gasteiger partial charge in [-0.15, -0.1) is 0 Å². The Bertz CT molecular complexity index is 2960. The van der Waals surface area contributed by atoms with Gasteiger partial charge in [-0.25, -0.2) is 0 Å². The number of hydrogen-bond donors (Lipinski definition) is 0. The van der Waals surface area contributed by atoms with Gasteiger partial charge in [0.15, 0.2) is 0 Å². The maximum absolute atomic E-state index is 2.40. The van der Waals surface area contributed by atoms with E-state index in [1.807, 2.05) is 0 Å². The van der Waals surface area contributed by atoms with Crippen molar-refractivity contribution in [3.8, 4) is 44.5 Å². The van der Waals surface area contributed by atoms with Crippen LogP contribution in [0.1, 0.15) is 0 Å². The average Bonchev–Trinajstić information content (AvgIpc) is 3.27. The Hall–Kier alpha value is -7.22. The zero-order valence-electron chi connectivity index (χ0n) is 30.3. The van der Waals surface area contributed by atoms with E-state index in [1.54, 1.807) is 0 Å². The minimum absolute atomic E-state index is 1.10. The summed E-state index contributed by atoms with van der Waals surface area (Å²) in [6.07, 6.45) is 0. The third-order valence-corrected chi connectivity index (χ3v) is 10.8. The van der Waals surface area contributed by atoms with Crippen LogP contribution in [0.4, 0.5) is 17.1 Å². The standard InChI is InChI=1S/C54H37N/c1-3-13-39(14-4-1)52-34-33-48(37-53(52)41-15-5-2-6-16-41)55(47-32-29-43-26-25-42-18-8-10-23-50(42)54(43)36-47)46-30-27-38(28-31-46)44-20-11-21-45(35-44)51-24-12-19-40-17-7-9-22-49(40)51/h1-37H. The number of rotatable bonds is 7. The lowest BCUT2D eigenvalue weighted by Crippen LogP contribution is -2.10. The molecular weight excluding hydrogens is 663 g/mol. The quantitative estimate of drug-likeness (QED) is 0.150. The Labute approximate surface area is 322 Å². The summed E-state index contributed by atoms with van der Waals surface area (Å²) in [6, 6.07) is 81.5. The van der Waals surface area contributed by atoms with Crippen molar-refractivity contribution < 1.29 is 0 Å². The lowest BCUT2D eigenvalue weighted by Gasteiger charge is -2.27. The molecule has 0 aliphatic heterocycles. The van der Waals surface area contributed by atoms with Gasteiger partial charge in [0.05, 0.1) is 0 Å². The monoisotopic (exact) mass is 699 g/mol. The molecule has 0 amide bonds. The fourth-order valence-electron chi connectivity index (χ4n) is 8.12. The molecule has 1 heteroatoms. The topological polar surface area (TPSA) is 3.24 Å². The summed E-state index contributed by atoms with van der Waals surface area (Å²) in [5, 5.41) is 7.49. The molecule has 0 aromatic heterocycles. The minimum atomic E-state index is 1.10. The van der Waals surface area contributed by atoms with Gasteiger partial charge in [-0.1, -0.05) is 182 Å². The molecule has 0 aliphatic carbocycles. The molecule has 10 aromatic carbocycles. The second-order valence-corrected chi connectivity index (χ2v) is 14.1. The summed E-state index contributed by atoms with van der Waals surface area (Å²) in [5.74, 6) is 0. The number of benzene rings is 10. The first-order valence-corrected chi connectivity index (χ1v) is 18.9. The van der Waals surface area contributed by atoms with Crippen LogP contribution in [0.5, 0.6) is 0 Å². The van der Waals surface area contributed by atoms with Crippen LogP contribution in [-0.2, 0) is 0 Å². The van der Waals surface area contributed by atoms with Gasteiger partial charge in [0.25, 0.3) is 0 Å². The third kappa shape index (κ3) is 6.12. The summed E-state index contributed by atoms with van der Waals surface area (Å²) in [4.78, 5) is 2.40. The van der Waals surface area contributed by atoms with Crippen LogP contribution in [0.3, 0.4) is 0 Å². The zero-order chi connectivity index (χ0) is 36.6. The van der Waals surface area contributed by atoms with Gasteiger partial charge >= 0.3 is 0 Å². The minimum Gasteiger partial charge on any atom is -0.310 e. The fourth-order valence-corrected chi connectivity index (χ4v) is 8.12. The summed E-state index contributed by atoms with van der Waals surface area (Å²) in [5.41, 5.74) is 12.9. The molecule has 10 aromatic rings. The van der Waals surface area contributed by atoms with Crippen LogP contribution < -0.4 is 4.90 Å². The van der Waals surface area contributed by atoms with Crippen molar-refractivity contribution in [3.63, 3.8) is 0 Å². The molecule has 258 valence electrons. The maximum atomic E-state index is 2.40. The second-order valence-electron chi connectivity index (χ2n) is 14.1. The highest BCUT2D eigenvalue weighted by atomic mass is 15.1. The van der Waals surface area contributed by atoms with E-state index in [0.717, 1.165) is 17.1 Å². The Morgan fingerprint density at radius 1 is 0.218 bits per heavy atom. The van der Waals surface area contributed by atoms with E-state index in [-0.39, 0.29) is 0 Å². The molecule has 55 heavy (non-hydrogen) atoms. The van der Waals surface area contributed by atoms with Crippen molar-refractivity contribution in [1.29, 1.82) is 0 Å². The molecule has 0 saturated heterocycles. The molecule has 0 atom stereocenters. The van der Waals surface area contributed by atoms with Crippen molar-refractivity contribution in [3.05, 3.63) is 224 Å². The second kappa shape index (κ2) is 14.0. The van der Waals surface area contributed by atoms with Gasteiger partial charge in [0.2, 0.25) is 0 Å². The molecule has 0 radical (unpaired) electrons. The molecule has 0 unspecified atom stereocenters. The van der Waals surface area contributed by atoms with E-state index in [1.165, 1.54) is 76.8 Å². The summed E-state index contributed by atoms with van der Waals surface area (Å²) >= 11 is 0. The molecule has 1 nitrogen and oxygen atoms in total. The third-order valence-electron chi connectivity index (χ3n) is 10.8. The first-order chi connectivity index (χ1) is 27.3. The highest BCUT2D eigenvalue weighted by Crippen LogP contribution is 2.43. The predicted octanol–water partition coefficient (Wildman–Crippen LogP) is 15.3. The van der Waals surface area contributed by atoms with Gasteiger partial charge in [-0.3, -0.25) is 0 Å². The van der Waals surface area contributed by atoms with Gasteiger partial charge in [-0.05, 0) is 119 Å². The average molecular weight is 700 g/mol. The van der Waals surface area contributed by atoms with E-state index in [0.29, 0.717) is 0 Å².